The molecule has 0 spiro atoms. The zero-order chi connectivity index (χ0) is 22.7. The Morgan fingerprint density at radius 2 is 2.12 bits per heavy atom. The molecule has 0 saturated carbocycles. The smallest absolute Gasteiger partial charge is 0.263 e. The van der Waals surface area contributed by atoms with Crippen LogP contribution < -0.4 is 5.32 Å². The second-order valence-corrected chi connectivity index (χ2v) is 10.7. The third-order valence-electron chi connectivity index (χ3n) is 5.11. The highest BCUT2D eigenvalue weighted by Crippen LogP contribution is 2.39. The first-order valence-corrected chi connectivity index (χ1v) is 12.4. The number of furan rings is 1. The van der Waals surface area contributed by atoms with Crippen molar-refractivity contribution in [1.82, 2.24) is 10.2 Å². The summed E-state index contributed by atoms with van der Waals surface area (Å²) in [4.78, 5) is 18.5. The first kappa shape index (κ1) is 22.1. The molecule has 0 unspecified atom stereocenters. The fraction of sp³-hybridized carbons (Fsp3) is 0.286. The molecule has 2 atom stereocenters. The molecular weight excluding hydrogens is 455 g/mol. The Balaban J connectivity index is 1.54. The first-order chi connectivity index (χ1) is 15.3. The summed E-state index contributed by atoms with van der Waals surface area (Å²) in [6.07, 6.45) is 2.67. The van der Waals surface area contributed by atoms with Crippen molar-refractivity contribution in [3.8, 4) is 6.07 Å². The molecule has 3 heterocycles. The summed E-state index contributed by atoms with van der Waals surface area (Å²) in [6.45, 7) is 0.470. The first-order valence-electron chi connectivity index (χ1n) is 9.71. The van der Waals surface area contributed by atoms with Gasteiger partial charge in [0.05, 0.1) is 36.6 Å². The number of hydrogen-bond acceptors (Lipinski definition) is 7. The zero-order valence-electron chi connectivity index (χ0n) is 16.8. The molecule has 166 valence electrons. The number of nitrogens with one attached hydrogen (secondary N) is 1. The fourth-order valence-corrected chi connectivity index (χ4v) is 7.48. The van der Waals surface area contributed by atoms with E-state index in [9.17, 15) is 22.9 Å². The number of halogens is 1. The monoisotopic (exact) mass is 474 g/mol. The van der Waals surface area contributed by atoms with Crippen LogP contribution in [-0.2, 0) is 27.7 Å². The van der Waals surface area contributed by atoms with E-state index in [0.717, 1.165) is 5.56 Å². The van der Waals surface area contributed by atoms with E-state index >= 15 is 0 Å². The third kappa shape index (κ3) is 5.03. The minimum atomic E-state index is -3.16. The van der Waals surface area contributed by atoms with Gasteiger partial charge in [-0.2, -0.15) is 5.26 Å². The molecule has 2 aliphatic heterocycles. The van der Waals surface area contributed by atoms with Crippen molar-refractivity contribution < 1.29 is 22.0 Å². The number of fused-ring (bicyclic) bond motifs is 1. The summed E-state index contributed by atoms with van der Waals surface area (Å²) in [6, 6.07) is 10.9. The molecule has 0 radical (unpaired) electrons. The van der Waals surface area contributed by atoms with Crippen LogP contribution >= 0.6 is 11.8 Å². The predicted molar refractivity (Wildman–Crippen MR) is 117 cm³/mol. The molecule has 1 aromatic heterocycles. The highest BCUT2D eigenvalue weighted by atomic mass is 32.2. The average molecular weight is 475 g/mol. The number of amidine groups is 1. The maximum atomic E-state index is 13.3. The van der Waals surface area contributed by atoms with Crippen LogP contribution in [0.2, 0.25) is 0 Å². The zero-order valence-corrected chi connectivity index (χ0v) is 18.4. The number of carbonyl (C=O) groups excluding carboxylic acids is 1. The van der Waals surface area contributed by atoms with Crippen LogP contribution in [0.3, 0.4) is 0 Å². The molecule has 2 aromatic rings. The van der Waals surface area contributed by atoms with Gasteiger partial charge in [0.15, 0.2) is 15.0 Å². The Bertz CT molecular complexity index is 1200. The van der Waals surface area contributed by atoms with E-state index in [-0.39, 0.29) is 40.7 Å². The second kappa shape index (κ2) is 9.18. The van der Waals surface area contributed by atoms with Gasteiger partial charge in [0, 0.05) is 11.8 Å². The lowest BCUT2D eigenvalue weighted by atomic mass is 10.1. The highest BCUT2D eigenvalue weighted by Gasteiger charge is 2.48. The standard InChI is InChI=1S/C21H19FN4O4S2/c22-16-5-3-14(4-6-16)11-26-18-12-32(28,29)13-19(18)31-21(26)25-9-15(8-23)20(27)24-10-17-2-1-7-30-17/h1-7,9,18-19H,10-13H2,(H,24,27)/b15-9+,25-21?/t18-,19+/m1/s1. The number of hydrogen-bond donors (Lipinski definition) is 1. The molecule has 1 aromatic carbocycles. The molecule has 8 nitrogen and oxygen atoms in total. The van der Waals surface area contributed by atoms with E-state index in [2.05, 4.69) is 10.3 Å². The van der Waals surface area contributed by atoms with Crippen molar-refractivity contribution in [2.45, 2.75) is 24.4 Å². The van der Waals surface area contributed by atoms with Crippen LogP contribution in [0.1, 0.15) is 11.3 Å². The number of aliphatic imine (C=N–C) groups is 1. The third-order valence-corrected chi connectivity index (χ3v) is 8.38. The Morgan fingerprint density at radius 1 is 1.34 bits per heavy atom. The number of nitrogens with zero attached hydrogens (tertiary/aromatic N) is 3. The highest BCUT2D eigenvalue weighted by molar-refractivity contribution is 8.15. The van der Waals surface area contributed by atoms with E-state index in [4.69, 9.17) is 4.42 Å². The summed E-state index contributed by atoms with van der Waals surface area (Å²) in [5.74, 6) is -0.359. The van der Waals surface area contributed by atoms with Gasteiger partial charge in [0.25, 0.3) is 5.91 Å². The molecule has 1 N–H and O–H groups in total. The van der Waals surface area contributed by atoms with Gasteiger partial charge in [-0.15, -0.1) is 0 Å². The maximum Gasteiger partial charge on any atom is 0.263 e. The summed E-state index contributed by atoms with van der Waals surface area (Å²) < 4.78 is 42.7. The molecule has 2 fully saturated rings. The minimum absolute atomic E-state index is 0.00331. The molecule has 11 heteroatoms. The van der Waals surface area contributed by atoms with Gasteiger partial charge in [0.2, 0.25) is 0 Å². The Labute approximate surface area is 188 Å². The molecule has 0 bridgehead atoms. The van der Waals surface area contributed by atoms with E-state index in [0.29, 0.717) is 17.5 Å². The molecule has 2 aliphatic rings. The van der Waals surface area contributed by atoms with E-state index < -0.39 is 15.7 Å². The number of carbonyl (C=O) groups is 1. The van der Waals surface area contributed by atoms with Crippen LogP contribution in [-0.4, -0.2) is 47.2 Å². The fourth-order valence-electron chi connectivity index (χ4n) is 3.55. The van der Waals surface area contributed by atoms with Crippen molar-refractivity contribution in [2.75, 3.05) is 11.5 Å². The lowest BCUT2D eigenvalue weighted by molar-refractivity contribution is -0.117. The Kier molecular flexibility index (Phi) is 6.34. The number of benzene rings is 1. The molecule has 1 amide bonds. The molecule has 2 saturated heterocycles. The van der Waals surface area contributed by atoms with Gasteiger partial charge in [-0.3, -0.25) is 4.79 Å². The summed E-state index contributed by atoms with van der Waals surface area (Å²) in [7, 11) is -3.16. The lowest BCUT2D eigenvalue weighted by Crippen LogP contribution is -2.36. The number of thioether (sulfide) groups is 1. The van der Waals surface area contributed by atoms with Gasteiger partial charge in [0.1, 0.15) is 23.2 Å². The van der Waals surface area contributed by atoms with E-state index in [1.807, 2.05) is 11.0 Å². The van der Waals surface area contributed by atoms with E-state index in [1.54, 1.807) is 24.3 Å². The largest absolute Gasteiger partial charge is 0.467 e. The van der Waals surface area contributed by atoms with Gasteiger partial charge in [-0.1, -0.05) is 23.9 Å². The SMILES string of the molecule is N#C/C(=C\N=C1S[C@H]2CS(=O)(=O)C[C@H]2N1Cc1ccc(F)cc1)C(=O)NCc1ccco1. The number of sulfone groups is 1. The summed E-state index contributed by atoms with van der Waals surface area (Å²) in [5, 5.41) is 12.3. The summed E-state index contributed by atoms with van der Waals surface area (Å²) in [5.41, 5.74) is 0.612. The molecule has 32 heavy (non-hydrogen) atoms. The van der Waals surface area contributed by atoms with Crippen molar-refractivity contribution in [3.63, 3.8) is 0 Å². The van der Waals surface area contributed by atoms with Crippen LogP contribution in [0.4, 0.5) is 4.39 Å². The van der Waals surface area contributed by atoms with Gasteiger partial charge in [-0.05, 0) is 29.8 Å². The predicted octanol–water partition coefficient (Wildman–Crippen LogP) is 2.21. The van der Waals surface area contributed by atoms with Crippen LogP contribution in [0.5, 0.6) is 0 Å². The van der Waals surface area contributed by atoms with Crippen molar-refractivity contribution in [3.05, 3.63) is 71.6 Å². The summed E-state index contributed by atoms with van der Waals surface area (Å²) >= 11 is 1.31. The normalized spacial score (nSPS) is 23.2. The maximum absolute atomic E-state index is 13.3. The molecule has 0 aliphatic carbocycles. The van der Waals surface area contributed by atoms with Gasteiger partial charge < -0.3 is 14.6 Å². The van der Waals surface area contributed by atoms with Crippen molar-refractivity contribution >= 4 is 32.7 Å². The van der Waals surface area contributed by atoms with Gasteiger partial charge >= 0.3 is 0 Å². The quantitative estimate of drug-likeness (QED) is 0.504. The molecule has 4 rings (SSSR count). The Hall–Kier alpha value is -3.10. The van der Waals surface area contributed by atoms with E-state index in [1.165, 1.54) is 36.4 Å². The number of rotatable bonds is 6. The minimum Gasteiger partial charge on any atom is -0.467 e. The second-order valence-electron chi connectivity index (χ2n) is 7.38. The van der Waals surface area contributed by atoms with Crippen LogP contribution in [0.15, 0.2) is 63.8 Å². The van der Waals surface area contributed by atoms with Crippen LogP contribution in [0, 0.1) is 17.1 Å². The molecular formula is C21H19FN4O4S2. The van der Waals surface area contributed by atoms with Gasteiger partial charge in [-0.25, -0.2) is 17.8 Å². The number of amides is 1. The topological polar surface area (TPSA) is 116 Å². The van der Waals surface area contributed by atoms with Crippen molar-refractivity contribution in [2.24, 2.45) is 4.99 Å². The number of nitriles is 1. The van der Waals surface area contributed by atoms with Crippen LogP contribution in [0.25, 0.3) is 0 Å². The Morgan fingerprint density at radius 3 is 2.81 bits per heavy atom. The average Bonchev–Trinajstić information content (AvgIpc) is 3.45. The lowest BCUT2D eigenvalue weighted by Gasteiger charge is -2.24. The van der Waals surface area contributed by atoms with Crippen molar-refractivity contribution in [1.29, 1.82) is 5.26 Å².